The minimum atomic E-state index is -3.65. The molecule has 0 bridgehead atoms. The quantitative estimate of drug-likeness (QED) is 0.716. The zero-order chi connectivity index (χ0) is 19.3. The van der Waals surface area contributed by atoms with Crippen molar-refractivity contribution >= 4 is 21.6 Å². The lowest BCUT2D eigenvalue weighted by atomic mass is 10.2. The Balaban J connectivity index is 2.28. The summed E-state index contributed by atoms with van der Waals surface area (Å²) >= 11 is 0. The highest BCUT2D eigenvalue weighted by atomic mass is 32.2. The Morgan fingerprint density at radius 1 is 1.27 bits per heavy atom. The summed E-state index contributed by atoms with van der Waals surface area (Å²) in [6.45, 7) is 2.15. The van der Waals surface area contributed by atoms with E-state index in [1.54, 1.807) is 19.1 Å². The Labute approximate surface area is 151 Å². The van der Waals surface area contributed by atoms with Crippen LogP contribution in [0, 0.1) is 6.92 Å². The number of hydrogen-bond donors (Lipinski definition) is 2. The highest BCUT2D eigenvalue weighted by Crippen LogP contribution is 2.20. The van der Waals surface area contributed by atoms with Crippen LogP contribution in [0.2, 0.25) is 0 Å². The third kappa shape index (κ3) is 4.54. The predicted molar refractivity (Wildman–Crippen MR) is 95.8 cm³/mol. The number of aromatic nitrogens is 2. The summed E-state index contributed by atoms with van der Waals surface area (Å²) in [6.07, 6.45) is 0. The van der Waals surface area contributed by atoms with Crippen LogP contribution in [0.3, 0.4) is 0 Å². The molecule has 1 aromatic carbocycles. The van der Waals surface area contributed by atoms with Gasteiger partial charge in [-0.25, -0.2) is 17.8 Å². The van der Waals surface area contributed by atoms with E-state index in [1.165, 1.54) is 32.4 Å². The second kappa shape index (κ2) is 8.21. The fourth-order valence-corrected chi connectivity index (χ4v) is 3.17. The average Bonchev–Trinajstić information content (AvgIpc) is 2.62. The van der Waals surface area contributed by atoms with Crippen molar-refractivity contribution in [3.05, 3.63) is 51.9 Å². The van der Waals surface area contributed by atoms with Crippen LogP contribution >= 0.6 is 0 Å². The van der Waals surface area contributed by atoms with Crippen molar-refractivity contribution in [1.29, 1.82) is 0 Å². The zero-order valence-electron chi connectivity index (χ0n) is 14.6. The summed E-state index contributed by atoms with van der Waals surface area (Å²) in [5.41, 5.74) is 0.519. The first-order valence-electron chi connectivity index (χ1n) is 7.71. The van der Waals surface area contributed by atoms with Crippen LogP contribution in [0.5, 0.6) is 0 Å². The highest BCUT2D eigenvalue weighted by molar-refractivity contribution is 7.89. The van der Waals surface area contributed by atoms with Gasteiger partial charge in [-0.2, -0.15) is 5.10 Å². The Hall–Kier alpha value is -2.56. The van der Waals surface area contributed by atoms with Crippen LogP contribution in [-0.2, 0) is 21.3 Å². The van der Waals surface area contributed by atoms with Crippen molar-refractivity contribution in [2.45, 2.75) is 18.4 Å². The summed E-state index contributed by atoms with van der Waals surface area (Å²) in [6, 6.07) is 7.08. The summed E-state index contributed by atoms with van der Waals surface area (Å²) in [5, 5.41) is 6.58. The van der Waals surface area contributed by atoms with Crippen molar-refractivity contribution < 1.29 is 17.9 Å². The van der Waals surface area contributed by atoms with Crippen LogP contribution < -0.4 is 15.6 Å². The molecule has 1 heterocycles. The van der Waals surface area contributed by atoms with Crippen molar-refractivity contribution in [1.82, 2.24) is 14.5 Å². The van der Waals surface area contributed by atoms with E-state index in [1.807, 2.05) is 0 Å². The summed E-state index contributed by atoms with van der Waals surface area (Å²) in [5.74, 6) is -0.562. The van der Waals surface area contributed by atoms with Gasteiger partial charge < -0.3 is 10.1 Å². The number of methoxy groups -OCH3 is 1. The third-order valence-electron chi connectivity index (χ3n) is 3.61. The molecule has 0 aliphatic rings. The smallest absolute Gasteiger partial charge is 0.276 e. The molecule has 26 heavy (non-hydrogen) atoms. The summed E-state index contributed by atoms with van der Waals surface area (Å²) in [7, 11) is -0.842. The molecule has 0 saturated heterocycles. The van der Waals surface area contributed by atoms with Crippen molar-refractivity contribution in [2.24, 2.45) is 0 Å². The molecule has 1 aromatic heterocycles. The number of ether oxygens (including phenoxy) is 1. The van der Waals surface area contributed by atoms with Gasteiger partial charge in [0.05, 0.1) is 18.0 Å². The van der Waals surface area contributed by atoms with E-state index in [0.717, 1.165) is 4.68 Å². The van der Waals surface area contributed by atoms with Crippen molar-refractivity contribution in [3.8, 4) is 0 Å². The largest absolute Gasteiger partial charge is 0.383 e. The van der Waals surface area contributed by atoms with Gasteiger partial charge in [0, 0.05) is 18.9 Å². The fraction of sp³-hybridized carbons (Fsp3) is 0.312. The molecular formula is C16H20N4O5S. The van der Waals surface area contributed by atoms with Crippen LogP contribution in [0.25, 0.3) is 0 Å². The second-order valence-electron chi connectivity index (χ2n) is 5.41. The molecule has 10 heteroatoms. The van der Waals surface area contributed by atoms with E-state index in [9.17, 15) is 18.0 Å². The monoisotopic (exact) mass is 380 g/mol. The number of hydrogen-bond acceptors (Lipinski definition) is 6. The van der Waals surface area contributed by atoms with Crippen LogP contribution in [0.4, 0.5) is 5.69 Å². The fourth-order valence-electron chi connectivity index (χ4n) is 2.18. The lowest BCUT2D eigenvalue weighted by Crippen LogP contribution is -2.27. The first-order valence-corrected chi connectivity index (χ1v) is 9.19. The van der Waals surface area contributed by atoms with E-state index in [-0.39, 0.29) is 29.3 Å². The molecule has 2 N–H and O–H groups in total. The molecule has 0 aliphatic heterocycles. The molecule has 140 valence electrons. The number of sulfonamides is 1. The van der Waals surface area contributed by atoms with Crippen LogP contribution in [0.15, 0.2) is 40.0 Å². The number of carbonyl (C=O) groups is 1. The molecule has 2 aromatic rings. The van der Waals surface area contributed by atoms with Crippen LogP contribution in [-0.4, -0.2) is 44.9 Å². The topological polar surface area (TPSA) is 119 Å². The number of anilines is 1. The molecule has 1 amide bonds. The molecule has 0 unspecified atom stereocenters. The Morgan fingerprint density at radius 2 is 2.00 bits per heavy atom. The Bertz CT molecular complexity index is 969. The van der Waals surface area contributed by atoms with Gasteiger partial charge in [-0.1, -0.05) is 6.07 Å². The lowest BCUT2D eigenvalue weighted by molar-refractivity contribution is 0.101. The van der Waals surface area contributed by atoms with Gasteiger partial charge in [0.25, 0.3) is 11.5 Å². The molecule has 0 atom stereocenters. The summed E-state index contributed by atoms with van der Waals surface area (Å²) in [4.78, 5) is 24.2. The van der Waals surface area contributed by atoms with Gasteiger partial charge in [0.15, 0.2) is 0 Å². The number of rotatable bonds is 7. The number of carbonyl (C=O) groups excluding carboxylic acids is 1. The molecule has 9 nitrogen and oxygen atoms in total. The Morgan fingerprint density at radius 3 is 2.65 bits per heavy atom. The lowest BCUT2D eigenvalue weighted by Gasteiger charge is -2.11. The first-order chi connectivity index (χ1) is 12.3. The number of nitrogens with one attached hydrogen (secondary N) is 2. The Kier molecular flexibility index (Phi) is 6.24. The molecule has 0 saturated carbocycles. The normalized spacial score (nSPS) is 11.3. The average molecular weight is 380 g/mol. The molecule has 0 aliphatic carbocycles. The molecule has 0 fully saturated rings. The van der Waals surface area contributed by atoms with Crippen molar-refractivity contribution in [2.75, 3.05) is 26.1 Å². The number of nitrogens with zero attached hydrogens (tertiary/aromatic N) is 2. The molecular weight excluding hydrogens is 360 g/mol. The maximum Gasteiger partial charge on any atom is 0.276 e. The minimum absolute atomic E-state index is 0.0271. The van der Waals surface area contributed by atoms with Crippen LogP contribution in [0.1, 0.15) is 16.1 Å². The standard InChI is InChI=1S/C16H20N4O5S/c1-11-4-5-12(10-14(11)26(23,24)17-2)18-16(22)13-6-7-15(21)20(19-13)8-9-25-3/h4-7,10,17H,8-9H2,1-3H3,(H,18,22). The first kappa shape index (κ1) is 19.8. The minimum Gasteiger partial charge on any atom is -0.383 e. The number of amides is 1. The number of benzene rings is 1. The van der Waals surface area contributed by atoms with E-state index in [4.69, 9.17) is 4.74 Å². The maximum absolute atomic E-state index is 12.4. The van der Waals surface area contributed by atoms with Crippen molar-refractivity contribution in [3.63, 3.8) is 0 Å². The zero-order valence-corrected chi connectivity index (χ0v) is 15.5. The molecule has 0 spiro atoms. The van der Waals surface area contributed by atoms with Gasteiger partial charge in [-0.3, -0.25) is 9.59 Å². The van der Waals surface area contributed by atoms with Gasteiger partial charge in [0.1, 0.15) is 5.69 Å². The highest BCUT2D eigenvalue weighted by Gasteiger charge is 2.17. The summed E-state index contributed by atoms with van der Waals surface area (Å²) < 4.78 is 32.3. The van der Waals surface area contributed by atoms with E-state index < -0.39 is 15.9 Å². The SMILES string of the molecule is CNS(=O)(=O)c1cc(NC(=O)c2ccc(=O)n(CCOC)n2)ccc1C. The second-order valence-corrected chi connectivity index (χ2v) is 7.27. The van der Waals surface area contributed by atoms with E-state index in [2.05, 4.69) is 15.1 Å². The van der Waals surface area contributed by atoms with E-state index >= 15 is 0 Å². The van der Waals surface area contributed by atoms with Gasteiger partial charge in [-0.15, -0.1) is 0 Å². The van der Waals surface area contributed by atoms with E-state index in [0.29, 0.717) is 11.3 Å². The van der Waals surface area contributed by atoms with Gasteiger partial charge in [-0.05, 0) is 37.7 Å². The molecule has 0 radical (unpaired) electrons. The predicted octanol–water partition coefficient (Wildman–Crippen LogP) is 0.359. The molecule has 2 rings (SSSR count). The maximum atomic E-state index is 12.4. The third-order valence-corrected chi connectivity index (χ3v) is 5.17. The van der Waals surface area contributed by atoms with Gasteiger partial charge >= 0.3 is 0 Å². The van der Waals surface area contributed by atoms with Gasteiger partial charge in [0.2, 0.25) is 10.0 Å². The number of aryl methyl sites for hydroxylation is 1.